The van der Waals surface area contributed by atoms with Gasteiger partial charge in [0.1, 0.15) is 0 Å². The zero-order valence-corrected chi connectivity index (χ0v) is 12.2. The van der Waals surface area contributed by atoms with Crippen molar-refractivity contribution in [3.05, 3.63) is 38.0 Å². The van der Waals surface area contributed by atoms with Crippen molar-refractivity contribution in [1.82, 2.24) is 10.2 Å². The van der Waals surface area contributed by atoms with Crippen molar-refractivity contribution < 1.29 is 4.79 Å². The molecule has 0 aliphatic heterocycles. The molecule has 0 saturated carbocycles. The Labute approximate surface area is 119 Å². The molecule has 0 radical (unpaired) electrons. The second kappa shape index (κ2) is 5.05. The number of hydrogen-bond acceptors (Lipinski definition) is 3. The summed E-state index contributed by atoms with van der Waals surface area (Å²) in [5, 5.41) is 9.02. The fourth-order valence-electron chi connectivity index (χ4n) is 1.25. The third-order valence-corrected chi connectivity index (χ3v) is 3.51. The molecular weight excluding hydrogens is 399 g/mol. The Balaban J connectivity index is 2.26. The molecule has 1 aromatic heterocycles. The van der Waals surface area contributed by atoms with Gasteiger partial charge in [0.25, 0.3) is 5.91 Å². The topological polar surface area (TPSA) is 83.8 Å². The number of aromatic amines is 1. The number of amides is 1. The summed E-state index contributed by atoms with van der Waals surface area (Å²) in [5.74, 6) is 0.178. The minimum absolute atomic E-state index is 0.230. The maximum Gasteiger partial charge on any atom is 0.257 e. The van der Waals surface area contributed by atoms with E-state index in [4.69, 9.17) is 5.73 Å². The fourth-order valence-corrected chi connectivity index (χ4v) is 2.19. The number of carbonyl (C=O) groups is 1. The molecule has 5 nitrogen and oxygen atoms in total. The lowest BCUT2D eigenvalue weighted by Gasteiger charge is -2.06. The molecule has 2 rings (SSSR count). The van der Waals surface area contributed by atoms with Crippen LogP contribution >= 0.6 is 38.5 Å². The Kier molecular flexibility index (Phi) is 3.67. The molecule has 0 unspecified atom stereocenters. The highest BCUT2D eigenvalue weighted by molar-refractivity contribution is 14.1. The van der Waals surface area contributed by atoms with Crippen LogP contribution in [0, 0.1) is 3.57 Å². The molecule has 0 bridgehead atoms. The highest BCUT2D eigenvalue weighted by Crippen LogP contribution is 2.20. The van der Waals surface area contributed by atoms with E-state index in [2.05, 4.69) is 54.0 Å². The summed E-state index contributed by atoms with van der Waals surface area (Å²) in [4.78, 5) is 12.0. The molecule has 1 aromatic carbocycles. The molecule has 0 aliphatic carbocycles. The third kappa shape index (κ3) is 2.78. The van der Waals surface area contributed by atoms with Gasteiger partial charge in [-0.05, 0) is 40.8 Å². The maximum atomic E-state index is 12.0. The van der Waals surface area contributed by atoms with Crippen molar-refractivity contribution in [2.45, 2.75) is 0 Å². The molecule has 0 spiro atoms. The normalized spacial score (nSPS) is 10.2. The Morgan fingerprint density at radius 2 is 2.29 bits per heavy atom. The lowest BCUT2D eigenvalue weighted by Crippen LogP contribution is -2.14. The minimum atomic E-state index is -0.230. The van der Waals surface area contributed by atoms with Crippen molar-refractivity contribution >= 4 is 55.9 Å². The smallest absolute Gasteiger partial charge is 0.257 e. The number of nitrogens with one attached hydrogen (secondary N) is 2. The molecule has 7 heteroatoms. The Bertz CT molecular complexity index is 569. The maximum absolute atomic E-state index is 12.0. The average Bonchev–Trinajstić information content (AvgIpc) is 2.68. The highest BCUT2D eigenvalue weighted by Gasteiger charge is 2.12. The van der Waals surface area contributed by atoms with Gasteiger partial charge >= 0.3 is 0 Å². The lowest BCUT2D eigenvalue weighted by molar-refractivity contribution is 0.102. The zero-order chi connectivity index (χ0) is 12.4. The van der Waals surface area contributed by atoms with Crippen LogP contribution < -0.4 is 11.1 Å². The number of halogens is 2. The van der Waals surface area contributed by atoms with Crippen LogP contribution in [0.15, 0.2) is 28.9 Å². The van der Waals surface area contributed by atoms with E-state index in [9.17, 15) is 4.79 Å². The molecule has 0 saturated heterocycles. The number of hydrogen-bond donors (Lipinski definition) is 3. The largest absolute Gasteiger partial charge is 0.394 e. The number of H-pyrrole nitrogens is 1. The van der Waals surface area contributed by atoms with Gasteiger partial charge in [-0.1, -0.05) is 15.9 Å². The summed E-state index contributed by atoms with van der Waals surface area (Å²) in [7, 11) is 0. The van der Waals surface area contributed by atoms with Gasteiger partial charge in [0.15, 0.2) is 5.82 Å². The summed E-state index contributed by atoms with van der Waals surface area (Å²) in [5.41, 5.74) is 6.60. The summed E-state index contributed by atoms with van der Waals surface area (Å²) in [6.45, 7) is 0. The average molecular weight is 407 g/mol. The van der Waals surface area contributed by atoms with E-state index in [0.717, 1.165) is 8.04 Å². The summed E-state index contributed by atoms with van der Waals surface area (Å²) in [6, 6.07) is 5.49. The predicted octanol–water partition coefficient (Wildman–Crippen LogP) is 2.61. The van der Waals surface area contributed by atoms with Gasteiger partial charge in [-0.3, -0.25) is 9.89 Å². The molecule has 4 N–H and O–H groups in total. The first-order chi connectivity index (χ1) is 8.08. The molecule has 88 valence electrons. The van der Waals surface area contributed by atoms with E-state index in [0.29, 0.717) is 17.1 Å². The number of carbonyl (C=O) groups excluding carboxylic acids is 1. The van der Waals surface area contributed by atoms with Crippen LogP contribution in [0.5, 0.6) is 0 Å². The summed E-state index contributed by atoms with van der Waals surface area (Å²) in [6.07, 6.45) is 1.45. The van der Waals surface area contributed by atoms with Gasteiger partial charge < -0.3 is 11.1 Å². The fraction of sp³-hybridized carbons (Fsp3) is 0. The molecule has 0 aliphatic rings. The number of rotatable bonds is 2. The Morgan fingerprint density at radius 3 is 2.94 bits per heavy atom. The monoisotopic (exact) mass is 406 g/mol. The SMILES string of the molecule is Nc1cn[nH]c1NC(=O)c1cc(Br)ccc1I. The summed E-state index contributed by atoms with van der Waals surface area (Å²) >= 11 is 5.43. The first kappa shape index (κ1) is 12.4. The lowest BCUT2D eigenvalue weighted by atomic mass is 10.2. The number of nitrogens with two attached hydrogens (primary N) is 1. The van der Waals surface area contributed by atoms with Crippen LogP contribution in [0.25, 0.3) is 0 Å². The van der Waals surface area contributed by atoms with Crippen LogP contribution in [-0.4, -0.2) is 16.1 Å². The number of nitrogens with zero attached hydrogens (tertiary/aromatic N) is 1. The minimum Gasteiger partial charge on any atom is -0.394 e. The summed E-state index contributed by atoms with van der Waals surface area (Å²) < 4.78 is 1.71. The van der Waals surface area contributed by atoms with E-state index in [1.54, 1.807) is 6.07 Å². The molecule has 2 aromatic rings. The Hall–Kier alpha value is -1.09. The standard InChI is InChI=1S/C10H8BrIN4O/c11-5-1-2-7(12)6(3-5)10(17)15-9-8(13)4-14-16-9/h1-4H,13H2,(H2,14,15,16,17). The van der Waals surface area contributed by atoms with E-state index < -0.39 is 0 Å². The number of benzene rings is 1. The number of aromatic nitrogens is 2. The van der Waals surface area contributed by atoms with Gasteiger partial charge in [0.05, 0.1) is 17.4 Å². The molecule has 0 fully saturated rings. The van der Waals surface area contributed by atoms with E-state index >= 15 is 0 Å². The molecule has 17 heavy (non-hydrogen) atoms. The molecular formula is C10H8BrIN4O. The van der Waals surface area contributed by atoms with Crippen LogP contribution in [0.1, 0.15) is 10.4 Å². The van der Waals surface area contributed by atoms with Gasteiger partial charge in [-0.2, -0.15) is 5.10 Å². The first-order valence-electron chi connectivity index (χ1n) is 4.63. The van der Waals surface area contributed by atoms with Gasteiger partial charge in [-0.15, -0.1) is 0 Å². The van der Waals surface area contributed by atoms with E-state index in [-0.39, 0.29) is 5.91 Å². The molecule has 0 atom stereocenters. The van der Waals surface area contributed by atoms with Crippen LogP contribution in [-0.2, 0) is 0 Å². The van der Waals surface area contributed by atoms with Crippen molar-refractivity contribution in [3.63, 3.8) is 0 Å². The second-order valence-corrected chi connectivity index (χ2v) is 5.36. The predicted molar refractivity (Wildman–Crippen MR) is 77.8 cm³/mol. The van der Waals surface area contributed by atoms with Crippen molar-refractivity contribution in [3.8, 4) is 0 Å². The van der Waals surface area contributed by atoms with Crippen LogP contribution in [0.2, 0.25) is 0 Å². The van der Waals surface area contributed by atoms with Gasteiger partial charge in [0.2, 0.25) is 0 Å². The van der Waals surface area contributed by atoms with E-state index in [1.807, 2.05) is 12.1 Å². The van der Waals surface area contributed by atoms with Crippen LogP contribution in [0.3, 0.4) is 0 Å². The van der Waals surface area contributed by atoms with Gasteiger partial charge in [-0.25, -0.2) is 0 Å². The highest BCUT2D eigenvalue weighted by atomic mass is 127. The number of anilines is 2. The van der Waals surface area contributed by atoms with E-state index in [1.165, 1.54) is 6.20 Å². The molecule has 1 heterocycles. The first-order valence-corrected chi connectivity index (χ1v) is 6.50. The van der Waals surface area contributed by atoms with Crippen molar-refractivity contribution in [2.24, 2.45) is 0 Å². The van der Waals surface area contributed by atoms with Crippen molar-refractivity contribution in [1.29, 1.82) is 0 Å². The van der Waals surface area contributed by atoms with Crippen LogP contribution in [0.4, 0.5) is 11.5 Å². The quantitative estimate of drug-likeness (QED) is 0.670. The Morgan fingerprint density at radius 1 is 1.53 bits per heavy atom. The molecule has 1 amide bonds. The van der Waals surface area contributed by atoms with Gasteiger partial charge in [0, 0.05) is 8.04 Å². The van der Waals surface area contributed by atoms with Crippen molar-refractivity contribution in [2.75, 3.05) is 11.1 Å². The zero-order valence-electron chi connectivity index (χ0n) is 8.50. The second-order valence-electron chi connectivity index (χ2n) is 3.28. The number of nitrogen functional groups attached to an aromatic ring is 1. The third-order valence-electron chi connectivity index (χ3n) is 2.08.